The zero-order chi connectivity index (χ0) is 15.6. The zero-order valence-electron chi connectivity index (χ0n) is 12.5. The molecular formula is C17H15N3O3. The molecule has 6 nitrogen and oxygen atoms in total. The van der Waals surface area contributed by atoms with Gasteiger partial charge in [0.2, 0.25) is 18.6 Å². The van der Waals surface area contributed by atoms with Crippen LogP contribution in [-0.2, 0) is 0 Å². The second-order valence-corrected chi connectivity index (χ2v) is 5.25. The van der Waals surface area contributed by atoms with E-state index in [0.717, 1.165) is 22.7 Å². The Morgan fingerprint density at radius 1 is 1.00 bits per heavy atom. The lowest BCUT2D eigenvalue weighted by atomic mass is 10.2. The van der Waals surface area contributed by atoms with Crippen LogP contribution >= 0.6 is 0 Å². The van der Waals surface area contributed by atoms with Gasteiger partial charge < -0.3 is 19.2 Å². The molecule has 116 valence electrons. The SMILES string of the molecule is CC(Nc1ccc2c(c1)OCO2)c1nnc(-c2ccccc2)o1. The van der Waals surface area contributed by atoms with E-state index < -0.39 is 0 Å². The van der Waals surface area contributed by atoms with Crippen LogP contribution in [0.1, 0.15) is 18.9 Å². The molecule has 0 fully saturated rings. The fourth-order valence-electron chi connectivity index (χ4n) is 2.41. The van der Waals surface area contributed by atoms with E-state index in [1.165, 1.54) is 0 Å². The predicted molar refractivity (Wildman–Crippen MR) is 84.3 cm³/mol. The average molecular weight is 309 g/mol. The van der Waals surface area contributed by atoms with Crippen molar-refractivity contribution in [3.05, 3.63) is 54.4 Å². The highest BCUT2D eigenvalue weighted by molar-refractivity contribution is 5.56. The molecule has 4 rings (SSSR count). The van der Waals surface area contributed by atoms with Gasteiger partial charge >= 0.3 is 0 Å². The van der Waals surface area contributed by atoms with E-state index in [1.807, 2.05) is 55.5 Å². The highest BCUT2D eigenvalue weighted by Crippen LogP contribution is 2.35. The molecule has 1 aromatic heterocycles. The molecule has 1 aliphatic heterocycles. The molecule has 1 atom stereocenters. The zero-order valence-corrected chi connectivity index (χ0v) is 12.5. The summed E-state index contributed by atoms with van der Waals surface area (Å²) >= 11 is 0. The molecule has 1 N–H and O–H groups in total. The first kappa shape index (κ1) is 13.6. The van der Waals surface area contributed by atoms with Crippen LogP contribution in [0.3, 0.4) is 0 Å². The van der Waals surface area contributed by atoms with Gasteiger partial charge in [0.25, 0.3) is 0 Å². The van der Waals surface area contributed by atoms with Gasteiger partial charge in [-0.25, -0.2) is 0 Å². The van der Waals surface area contributed by atoms with Crippen molar-refractivity contribution in [1.29, 1.82) is 0 Å². The molecular weight excluding hydrogens is 294 g/mol. The van der Waals surface area contributed by atoms with Gasteiger partial charge in [0.15, 0.2) is 11.5 Å². The van der Waals surface area contributed by atoms with Gasteiger partial charge in [-0.15, -0.1) is 10.2 Å². The van der Waals surface area contributed by atoms with Crippen LogP contribution in [0.4, 0.5) is 5.69 Å². The molecule has 2 aromatic carbocycles. The number of nitrogens with one attached hydrogen (secondary N) is 1. The number of ether oxygens (including phenoxy) is 2. The summed E-state index contributed by atoms with van der Waals surface area (Å²) in [6.45, 7) is 2.23. The second-order valence-electron chi connectivity index (χ2n) is 5.25. The molecule has 1 aliphatic rings. The van der Waals surface area contributed by atoms with E-state index in [2.05, 4.69) is 15.5 Å². The first-order valence-electron chi connectivity index (χ1n) is 7.34. The van der Waals surface area contributed by atoms with E-state index in [4.69, 9.17) is 13.9 Å². The largest absolute Gasteiger partial charge is 0.454 e. The van der Waals surface area contributed by atoms with Crippen molar-refractivity contribution in [2.24, 2.45) is 0 Å². The van der Waals surface area contributed by atoms with E-state index in [-0.39, 0.29) is 12.8 Å². The van der Waals surface area contributed by atoms with E-state index >= 15 is 0 Å². The molecule has 3 aromatic rings. The molecule has 0 bridgehead atoms. The van der Waals surface area contributed by atoms with E-state index in [9.17, 15) is 0 Å². The monoisotopic (exact) mass is 309 g/mol. The average Bonchev–Trinajstić information content (AvgIpc) is 3.24. The lowest BCUT2D eigenvalue weighted by Crippen LogP contribution is -2.06. The van der Waals surface area contributed by atoms with Crippen LogP contribution in [0.5, 0.6) is 11.5 Å². The van der Waals surface area contributed by atoms with Crippen LogP contribution < -0.4 is 14.8 Å². The fraction of sp³-hybridized carbons (Fsp3) is 0.176. The van der Waals surface area contributed by atoms with Crippen LogP contribution in [0.2, 0.25) is 0 Å². The van der Waals surface area contributed by atoms with Gasteiger partial charge in [-0.1, -0.05) is 18.2 Å². The number of hydrogen-bond donors (Lipinski definition) is 1. The third-order valence-electron chi connectivity index (χ3n) is 3.59. The molecule has 6 heteroatoms. The molecule has 0 saturated heterocycles. The van der Waals surface area contributed by atoms with E-state index in [0.29, 0.717) is 11.8 Å². The standard InChI is InChI=1S/C17H15N3O3/c1-11(18-13-7-8-14-15(9-13)22-10-21-14)16-19-20-17(23-16)12-5-3-2-4-6-12/h2-9,11,18H,10H2,1H3. The van der Waals surface area contributed by atoms with Crippen LogP contribution in [0.25, 0.3) is 11.5 Å². The normalized spacial score (nSPS) is 13.8. The van der Waals surface area contributed by atoms with Crippen molar-refractivity contribution in [3.8, 4) is 23.0 Å². The number of aromatic nitrogens is 2. The Morgan fingerprint density at radius 2 is 1.83 bits per heavy atom. The summed E-state index contributed by atoms with van der Waals surface area (Å²) in [5.74, 6) is 2.53. The number of benzene rings is 2. The Bertz CT molecular complexity index is 817. The maximum Gasteiger partial charge on any atom is 0.247 e. The maximum atomic E-state index is 5.76. The van der Waals surface area contributed by atoms with Gasteiger partial charge in [-0.2, -0.15) is 0 Å². The second kappa shape index (κ2) is 5.64. The first-order valence-corrected chi connectivity index (χ1v) is 7.34. The van der Waals surface area contributed by atoms with Gasteiger partial charge in [-0.05, 0) is 31.2 Å². The molecule has 0 amide bonds. The molecule has 0 aliphatic carbocycles. The smallest absolute Gasteiger partial charge is 0.247 e. The van der Waals surface area contributed by atoms with Crippen LogP contribution in [0.15, 0.2) is 52.9 Å². The van der Waals surface area contributed by atoms with Crippen LogP contribution in [-0.4, -0.2) is 17.0 Å². The molecule has 1 unspecified atom stereocenters. The molecule has 23 heavy (non-hydrogen) atoms. The number of anilines is 1. The number of fused-ring (bicyclic) bond motifs is 1. The lowest BCUT2D eigenvalue weighted by molar-refractivity contribution is 0.174. The topological polar surface area (TPSA) is 69.4 Å². The minimum Gasteiger partial charge on any atom is -0.454 e. The molecule has 0 spiro atoms. The summed E-state index contributed by atoms with van der Waals surface area (Å²) in [7, 11) is 0. The van der Waals surface area contributed by atoms with E-state index in [1.54, 1.807) is 0 Å². The first-order chi connectivity index (χ1) is 11.3. The Morgan fingerprint density at radius 3 is 2.70 bits per heavy atom. The van der Waals surface area contributed by atoms with Crippen molar-refractivity contribution in [2.45, 2.75) is 13.0 Å². The van der Waals surface area contributed by atoms with Crippen molar-refractivity contribution in [3.63, 3.8) is 0 Å². The maximum absolute atomic E-state index is 5.76. The molecule has 0 saturated carbocycles. The fourth-order valence-corrected chi connectivity index (χ4v) is 2.41. The quantitative estimate of drug-likeness (QED) is 0.793. The van der Waals surface area contributed by atoms with Gasteiger partial charge in [0.1, 0.15) is 6.04 Å². The Balaban J connectivity index is 1.51. The van der Waals surface area contributed by atoms with Crippen molar-refractivity contribution < 1.29 is 13.9 Å². The minimum atomic E-state index is -0.125. The Labute approximate surface area is 133 Å². The third kappa shape index (κ3) is 2.70. The predicted octanol–water partition coefficient (Wildman–Crippen LogP) is 3.64. The number of nitrogens with zero attached hydrogens (tertiary/aromatic N) is 2. The highest BCUT2D eigenvalue weighted by Gasteiger charge is 2.17. The number of hydrogen-bond acceptors (Lipinski definition) is 6. The van der Waals surface area contributed by atoms with Crippen molar-refractivity contribution >= 4 is 5.69 Å². The summed E-state index contributed by atoms with van der Waals surface area (Å²) in [5.41, 5.74) is 1.81. The summed E-state index contributed by atoms with van der Waals surface area (Å²) in [5, 5.41) is 11.6. The van der Waals surface area contributed by atoms with Crippen molar-refractivity contribution in [2.75, 3.05) is 12.1 Å². The van der Waals surface area contributed by atoms with Crippen molar-refractivity contribution in [1.82, 2.24) is 10.2 Å². The molecule has 2 heterocycles. The minimum absolute atomic E-state index is 0.125. The van der Waals surface area contributed by atoms with Gasteiger partial charge in [0, 0.05) is 17.3 Å². The number of rotatable bonds is 4. The van der Waals surface area contributed by atoms with Gasteiger partial charge in [-0.3, -0.25) is 0 Å². The highest BCUT2D eigenvalue weighted by atomic mass is 16.7. The van der Waals surface area contributed by atoms with Gasteiger partial charge in [0.05, 0.1) is 0 Å². The Hall–Kier alpha value is -3.02. The molecule has 0 radical (unpaired) electrons. The van der Waals surface area contributed by atoms with Crippen LogP contribution in [0, 0.1) is 0 Å². The third-order valence-corrected chi connectivity index (χ3v) is 3.59. The lowest BCUT2D eigenvalue weighted by Gasteiger charge is -2.11. The summed E-state index contributed by atoms with van der Waals surface area (Å²) in [4.78, 5) is 0. The summed E-state index contributed by atoms with van der Waals surface area (Å²) in [6, 6.07) is 15.3. The summed E-state index contributed by atoms with van der Waals surface area (Å²) in [6.07, 6.45) is 0. The Kier molecular flexibility index (Phi) is 3.34. The summed E-state index contributed by atoms with van der Waals surface area (Å²) < 4.78 is 16.4.